The fraction of sp³-hybridized carbons (Fsp3) is 0.500. The van der Waals surface area contributed by atoms with Crippen molar-refractivity contribution in [2.75, 3.05) is 11.4 Å². The van der Waals surface area contributed by atoms with Crippen LogP contribution in [0.3, 0.4) is 0 Å². The number of imide groups is 1. The summed E-state index contributed by atoms with van der Waals surface area (Å²) in [6.07, 6.45) is 3.90. The van der Waals surface area contributed by atoms with Crippen LogP contribution in [0.4, 0.5) is 5.69 Å². The first-order valence-corrected chi connectivity index (χ1v) is 7.46. The summed E-state index contributed by atoms with van der Waals surface area (Å²) in [5.74, 6) is -0.0820. The van der Waals surface area contributed by atoms with Gasteiger partial charge in [-0.05, 0) is 38.3 Å². The molecule has 0 aliphatic carbocycles. The van der Waals surface area contributed by atoms with Crippen LogP contribution < -0.4 is 9.80 Å². The average molecular weight is 273 g/mol. The number of amides is 2. The molecule has 20 heavy (non-hydrogen) atoms. The largest absolute Gasteiger partial charge is 0.322 e. The number of benzene rings is 1. The number of likely N-dealkylation sites (tertiary alicyclic amines) is 1. The van der Waals surface area contributed by atoms with Crippen molar-refractivity contribution in [1.82, 2.24) is 0 Å². The summed E-state index contributed by atoms with van der Waals surface area (Å²) < 4.78 is 0. The number of nitrogens with zero attached hydrogens (tertiary/aromatic N) is 1. The van der Waals surface area contributed by atoms with Gasteiger partial charge in [0.15, 0.2) is 6.04 Å². The van der Waals surface area contributed by atoms with Crippen molar-refractivity contribution in [3.05, 3.63) is 30.3 Å². The number of anilines is 1. The molecule has 0 bridgehead atoms. The highest BCUT2D eigenvalue weighted by atomic mass is 16.2. The monoisotopic (exact) mass is 273 g/mol. The van der Waals surface area contributed by atoms with E-state index in [-0.39, 0.29) is 17.9 Å². The minimum Gasteiger partial charge on any atom is -0.322 e. The quantitative estimate of drug-likeness (QED) is 0.809. The van der Waals surface area contributed by atoms with Crippen LogP contribution in [0.1, 0.15) is 32.6 Å². The Balaban J connectivity index is 1.83. The van der Waals surface area contributed by atoms with Crippen LogP contribution in [0, 0.1) is 0 Å². The first-order chi connectivity index (χ1) is 9.68. The second-order valence-corrected chi connectivity index (χ2v) is 5.88. The van der Waals surface area contributed by atoms with Gasteiger partial charge in [-0.15, -0.1) is 0 Å². The van der Waals surface area contributed by atoms with Crippen molar-refractivity contribution >= 4 is 17.5 Å². The predicted octanol–water partition coefficient (Wildman–Crippen LogP) is 0.776. The first kappa shape index (κ1) is 13.3. The van der Waals surface area contributed by atoms with E-state index in [2.05, 4.69) is 6.92 Å². The topological polar surface area (TPSA) is 41.8 Å². The molecule has 2 amide bonds. The highest BCUT2D eigenvalue weighted by Gasteiger charge is 2.47. The molecule has 1 aromatic rings. The van der Waals surface area contributed by atoms with Gasteiger partial charge in [-0.3, -0.25) is 9.59 Å². The Morgan fingerprint density at radius 3 is 2.60 bits per heavy atom. The van der Waals surface area contributed by atoms with Crippen LogP contribution >= 0.6 is 0 Å². The molecule has 1 N–H and O–H groups in total. The van der Waals surface area contributed by atoms with Gasteiger partial charge in [0.05, 0.1) is 24.7 Å². The molecule has 4 nitrogen and oxygen atoms in total. The minimum atomic E-state index is -0.182. The van der Waals surface area contributed by atoms with Crippen molar-refractivity contribution in [2.24, 2.45) is 0 Å². The van der Waals surface area contributed by atoms with Gasteiger partial charge in [-0.1, -0.05) is 18.2 Å². The third-order valence-corrected chi connectivity index (χ3v) is 4.59. The molecule has 106 valence electrons. The number of para-hydroxylation sites is 1. The Morgan fingerprint density at radius 2 is 1.90 bits per heavy atom. The van der Waals surface area contributed by atoms with E-state index in [9.17, 15) is 9.59 Å². The van der Waals surface area contributed by atoms with Gasteiger partial charge in [0.25, 0.3) is 5.91 Å². The number of carbonyl (C=O) groups is 2. The molecule has 1 aromatic carbocycles. The molecule has 4 heteroatoms. The predicted molar refractivity (Wildman–Crippen MR) is 76.5 cm³/mol. The molecular formula is C16H21N2O2+. The zero-order valence-corrected chi connectivity index (χ0v) is 11.8. The fourth-order valence-corrected chi connectivity index (χ4v) is 3.50. The van der Waals surface area contributed by atoms with Gasteiger partial charge >= 0.3 is 0 Å². The van der Waals surface area contributed by atoms with Crippen LogP contribution in [0.2, 0.25) is 0 Å². The number of hydrogen-bond acceptors (Lipinski definition) is 2. The van der Waals surface area contributed by atoms with E-state index in [1.807, 2.05) is 30.3 Å². The third kappa shape index (κ3) is 2.24. The van der Waals surface area contributed by atoms with E-state index in [0.717, 1.165) is 19.4 Å². The molecule has 3 atom stereocenters. The molecule has 0 radical (unpaired) electrons. The van der Waals surface area contributed by atoms with Gasteiger partial charge in [-0.25, -0.2) is 4.90 Å². The lowest BCUT2D eigenvalue weighted by molar-refractivity contribution is -0.942. The van der Waals surface area contributed by atoms with Gasteiger partial charge in [0, 0.05) is 0 Å². The molecule has 2 heterocycles. The Hall–Kier alpha value is -1.68. The molecular weight excluding hydrogens is 252 g/mol. The van der Waals surface area contributed by atoms with Crippen LogP contribution in [-0.2, 0) is 9.59 Å². The van der Waals surface area contributed by atoms with Crippen LogP contribution in [0.15, 0.2) is 30.3 Å². The van der Waals surface area contributed by atoms with Crippen LogP contribution in [0.5, 0.6) is 0 Å². The van der Waals surface area contributed by atoms with E-state index in [4.69, 9.17) is 0 Å². The van der Waals surface area contributed by atoms with E-state index in [0.29, 0.717) is 18.2 Å². The Labute approximate surface area is 119 Å². The minimum absolute atomic E-state index is 0.0232. The zero-order valence-electron chi connectivity index (χ0n) is 11.8. The average Bonchev–Trinajstić information content (AvgIpc) is 2.75. The Kier molecular flexibility index (Phi) is 3.57. The first-order valence-electron chi connectivity index (χ1n) is 7.46. The van der Waals surface area contributed by atoms with E-state index in [1.165, 1.54) is 16.2 Å². The second kappa shape index (κ2) is 5.37. The summed E-state index contributed by atoms with van der Waals surface area (Å²) in [5, 5.41) is 0. The Morgan fingerprint density at radius 1 is 1.15 bits per heavy atom. The standard InChI is InChI=1S/C16H20N2O2/c1-12-7-5-6-10-17(12)14-11-15(19)18(16(14)20)13-8-3-2-4-9-13/h2-4,8-9,12,14H,5-7,10-11H2,1H3/p+1/t12-,14-/m1/s1. The lowest BCUT2D eigenvalue weighted by atomic mass is 10.0. The van der Waals surface area contributed by atoms with E-state index >= 15 is 0 Å². The zero-order chi connectivity index (χ0) is 14.1. The number of piperidine rings is 1. The van der Waals surface area contributed by atoms with Crippen LogP contribution in [0.25, 0.3) is 0 Å². The van der Waals surface area contributed by atoms with E-state index < -0.39 is 0 Å². The summed E-state index contributed by atoms with van der Waals surface area (Å²) in [6, 6.07) is 9.56. The fourth-order valence-electron chi connectivity index (χ4n) is 3.50. The molecule has 1 unspecified atom stereocenters. The SMILES string of the molecule is C[C@@H]1CCCC[NH+]1[C@@H]1CC(=O)N(c2ccccc2)C1=O. The number of hydrogen-bond donors (Lipinski definition) is 1. The highest BCUT2D eigenvalue weighted by molar-refractivity contribution is 6.21. The van der Waals surface area contributed by atoms with Crippen molar-refractivity contribution in [3.63, 3.8) is 0 Å². The van der Waals surface area contributed by atoms with Gasteiger partial charge < -0.3 is 4.90 Å². The molecule has 2 saturated heterocycles. The van der Waals surface area contributed by atoms with Crippen molar-refractivity contribution < 1.29 is 14.5 Å². The molecule has 0 spiro atoms. The summed E-state index contributed by atoms with van der Waals surface area (Å²) >= 11 is 0. The van der Waals surface area contributed by atoms with Crippen molar-refractivity contribution in [3.8, 4) is 0 Å². The van der Waals surface area contributed by atoms with Gasteiger partial charge in [0.2, 0.25) is 5.91 Å². The number of carbonyl (C=O) groups excluding carboxylic acids is 2. The summed E-state index contributed by atoms with van der Waals surface area (Å²) in [5.41, 5.74) is 0.703. The maximum absolute atomic E-state index is 12.6. The maximum Gasteiger partial charge on any atom is 0.292 e. The molecule has 2 fully saturated rings. The van der Waals surface area contributed by atoms with Crippen molar-refractivity contribution in [1.29, 1.82) is 0 Å². The Bertz CT molecular complexity index is 514. The lowest BCUT2D eigenvalue weighted by Crippen LogP contribution is -3.20. The maximum atomic E-state index is 12.6. The number of rotatable bonds is 2. The second-order valence-electron chi connectivity index (χ2n) is 5.88. The smallest absolute Gasteiger partial charge is 0.292 e. The highest BCUT2D eigenvalue weighted by Crippen LogP contribution is 2.22. The normalized spacial score (nSPS) is 30.9. The molecule has 0 saturated carbocycles. The summed E-state index contributed by atoms with van der Waals surface area (Å²) in [6.45, 7) is 3.20. The van der Waals surface area contributed by atoms with Gasteiger partial charge in [0.1, 0.15) is 0 Å². The molecule has 2 aliphatic rings. The van der Waals surface area contributed by atoms with Crippen LogP contribution in [-0.4, -0.2) is 30.4 Å². The third-order valence-electron chi connectivity index (χ3n) is 4.59. The lowest BCUT2D eigenvalue weighted by Gasteiger charge is -2.33. The van der Waals surface area contributed by atoms with E-state index in [1.54, 1.807) is 0 Å². The van der Waals surface area contributed by atoms with Crippen molar-refractivity contribution in [2.45, 2.75) is 44.7 Å². The van der Waals surface area contributed by atoms with Gasteiger partial charge in [-0.2, -0.15) is 0 Å². The number of quaternary nitrogens is 1. The molecule has 0 aromatic heterocycles. The molecule has 3 rings (SSSR count). The molecule has 2 aliphatic heterocycles. The summed E-state index contributed by atoms with van der Waals surface area (Å²) in [4.78, 5) is 27.6. The number of nitrogens with one attached hydrogen (secondary N) is 1. The summed E-state index contributed by atoms with van der Waals surface area (Å²) in [7, 11) is 0.